The van der Waals surface area contributed by atoms with Crippen LogP contribution in [0.15, 0.2) is 57.9 Å². The van der Waals surface area contributed by atoms with Crippen LogP contribution >= 0.6 is 0 Å². The fourth-order valence-electron chi connectivity index (χ4n) is 2.45. The normalized spacial score (nSPS) is 11.3. The monoisotopic (exact) mass is 386 g/mol. The van der Waals surface area contributed by atoms with Crippen LogP contribution in [0.5, 0.6) is 0 Å². The van der Waals surface area contributed by atoms with Gasteiger partial charge in [0, 0.05) is 17.7 Å². The summed E-state index contributed by atoms with van der Waals surface area (Å²) < 4.78 is 27.5. The fourth-order valence-corrected chi connectivity index (χ4v) is 2.96. The van der Waals surface area contributed by atoms with Gasteiger partial charge in [0.05, 0.1) is 4.90 Å². The molecule has 3 N–H and O–H groups in total. The van der Waals surface area contributed by atoms with Gasteiger partial charge in [0.1, 0.15) is 0 Å². The number of hydrogen-bond acceptors (Lipinski definition) is 6. The second-order valence-corrected chi connectivity index (χ2v) is 7.48. The molecule has 140 valence electrons. The van der Waals surface area contributed by atoms with E-state index in [0.29, 0.717) is 30.2 Å². The number of hydrogen-bond donors (Lipinski definition) is 2. The van der Waals surface area contributed by atoms with Crippen molar-refractivity contribution in [2.45, 2.75) is 18.2 Å². The van der Waals surface area contributed by atoms with E-state index in [1.807, 2.05) is 0 Å². The van der Waals surface area contributed by atoms with Gasteiger partial charge in [0.15, 0.2) is 5.82 Å². The molecule has 0 unspecified atom stereocenters. The van der Waals surface area contributed by atoms with E-state index < -0.39 is 10.0 Å². The number of aryl methyl sites for hydroxylation is 1. The largest absolute Gasteiger partial charge is 0.352 e. The number of sulfonamides is 1. The SMILES string of the molecule is Cc1noc(-c2ccc(C(=O)NCCc3ccc(S(N)(=O)=O)cc3)cc2)n1. The average molecular weight is 386 g/mol. The second kappa shape index (κ2) is 7.68. The van der Waals surface area contributed by atoms with Crippen LogP contribution in [-0.2, 0) is 16.4 Å². The summed E-state index contributed by atoms with van der Waals surface area (Å²) in [5.74, 6) is 0.746. The molecule has 8 nitrogen and oxygen atoms in total. The lowest BCUT2D eigenvalue weighted by atomic mass is 10.1. The molecule has 0 bridgehead atoms. The molecule has 1 aromatic heterocycles. The summed E-state index contributed by atoms with van der Waals surface area (Å²) in [6, 6.07) is 13.1. The predicted molar refractivity (Wildman–Crippen MR) is 98.3 cm³/mol. The topological polar surface area (TPSA) is 128 Å². The number of rotatable bonds is 6. The lowest BCUT2D eigenvalue weighted by molar-refractivity contribution is 0.0954. The van der Waals surface area contributed by atoms with Gasteiger partial charge in [-0.15, -0.1) is 0 Å². The highest BCUT2D eigenvalue weighted by molar-refractivity contribution is 7.89. The Bertz CT molecular complexity index is 1040. The highest BCUT2D eigenvalue weighted by atomic mass is 32.2. The van der Waals surface area contributed by atoms with Crippen molar-refractivity contribution in [1.29, 1.82) is 0 Å². The number of carbonyl (C=O) groups excluding carboxylic acids is 1. The van der Waals surface area contributed by atoms with Crippen molar-refractivity contribution in [2.24, 2.45) is 5.14 Å². The molecular formula is C18H18N4O4S. The molecule has 0 saturated carbocycles. The van der Waals surface area contributed by atoms with Gasteiger partial charge in [-0.2, -0.15) is 4.98 Å². The molecule has 9 heteroatoms. The Morgan fingerprint density at radius 2 is 1.78 bits per heavy atom. The Hall–Kier alpha value is -3.04. The average Bonchev–Trinajstić information content (AvgIpc) is 3.08. The lowest BCUT2D eigenvalue weighted by Gasteiger charge is -2.06. The van der Waals surface area contributed by atoms with Crippen molar-refractivity contribution in [1.82, 2.24) is 15.5 Å². The fraction of sp³-hybridized carbons (Fsp3) is 0.167. The highest BCUT2D eigenvalue weighted by Gasteiger charge is 2.10. The summed E-state index contributed by atoms with van der Waals surface area (Å²) in [7, 11) is -3.70. The van der Waals surface area contributed by atoms with Crippen molar-refractivity contribution in [3.05, 3.63) is 65.5 Å². The second-order valence-electron chi connectivity index (χ2n) is 5.92. The lowest BCUT2D eigenvalue weighted by Crippen LogP contribution is -2.25. The molecule has 0 aliphatic carbocycles. The number of nitrogens with one attached hydrogen (secondary N) is 1. The third kappa shape index (κ3) is 4.78. The van der Waals surface area contributed by atoms with Crippen molar-refractivity contribution < 1.29 is 17.7 Å². The van der Waals surface area contributed by atoms with E-state index in [9.17, 15) is 13.2 Å². The van der Waals surface area contributed by atoms with Crippen molar-refractivity contribution >= 4 is 15.9 Å². The van der Waals surface area contributed by atoms with E-state index in [0.717, 1.165) is 11.1 Å². The van der Waals surface area contributed by atoms with E-state index in [-0.39, 0.29) is 10.8 Å². The van der Waals surface area contributed by atoms with E-state index in [1.54, 1.807) is 43.3 Å². The van der Waals surface area contributed by atoms with E-state index in [4.69, 9.17) is 9.66 Å². The third-order valence-electron chi connectivity index (χ3n) is 3.87. The molecule has 1 amide bonds. The van der Waals surface area contributed by atoms with Crippen LogP contribution < -0.4 is 10.5 Å². The number of primary sulfonamides is 1. The molecule has 0 atom stereocenters. The standard InChI is InChI=1S/C18H18N4O4S/c1-12-21-18(26-22-12)15-6-4-14(5-7-15)17(23)20-11-10-13-2-8-16(9-3-13)27(19,24)25/h2-9H,10-11H2,1H3,(H,20,23)(H2,19,24,25). The van der Waals surface area contributed by atoms with Gasteiger partial charge in [0.2, 0.25) is 10.0 Å². The number of amides is 1. The molecule has 0 fully saturated rings. The maximum Gasteiger partial charge on any atom is 0.257 e. The highest BCUT2D eigenvalue weighted by Crippen LogP contribution is 2.17. The number of aromatic nitrogens is 2. The Morgan fingerprint density at radius 1 is 1.11 bits per heavy atom. The summed E-state index contributed by atoms with van der Waals surface area (Å²) >= 11 is 0. The number of benzene rings is 2. The van der Waals surface area contributed by atoms with Crippen LogP contribution in [0.4, 0.5) is 0 Å². The van der Waals surface area contributed by atoms with Crippen LogP contribution in [0.1, 0.15) is 21.7 Å². The number of nitrogens with zero attached hydrogens (tertiary/aromatic N) is 2. The Balaban J connectivity index is 1.55. The van der Waals surface area contributed by atoms with E-state index in [2.05, 4.69) is 15.5 Å². The van der Waals surface area contributed by atoms with Crippen LogP contribution in [0.2, 0.25) is 0 Å². The van der Waals surface area contributed by atoms with Gasteiger partial charge >= 0.3 is 0 Å². The summed E-state index contributed by atoms with van der Waals surface area (Å²) in [6.45, 7) is 2.15. The zero-order chi connectivity index (χ0) is 19.4. The summed E-state index contributed by atoms with van der Waals surface area (Å²) in [5.41, 5.74) is 2.14. The maximum atomic E-state index is 12.2. The molecule has 0 aliphatic heterocycles. The zero-order valence-corrected chi connectivity index (χ0v) is 15.4. The van der Waals surface area contributed by atoms with Crippen molar-refractivity contribution in [3.8, 4) is 11.5 Å². The first-order valence-corrected chi connectivity index (χ1v) is 9.68. The molecule has 0 spiro atoms. The minimum absolute atomic E-state index is 0.0619. The molecule has 0 radical (unpaired) electrons. The van der Waals surface area contributed by atoms with Gasteiger partial charge in [-0.25, -0.2) is 13.6 Å². The number of carbonyl (C=O) groups is 1. The Kier molecular flexibility index (Phi) is 5.33. The number of nitrogens with two attached hydrogens (primary N) is 1. The van der Waals surface area contributed by atoms with E-state index in [1.165, 1.54) is 12.1 Å². The minimum Gasteiger partial charge on any atom is -0.352 e. The van der Waals surface area contributed by atoms with Gasteiger partial charge in [-0.1, -0.05) is 17.3 Å². The quantitative estimate of drug-likeness (QED) is 0.663. The molecule has 0 saturated heterocycles. The first-order chi connectivity index (χ1) is 12.8. The van der Waals surface area contributed by atoms with Gasteiger partial charge in [-0.05, 0) is 55.3 Å². The smallest absolute Gasteiger partial charge is 0.257 e. The molecule has 1 heterocycles. The minimum atomic E-state index is -3.70. The van der Waals surface area contributed by atoms with Gasteiger partial charge in [-0.3, -0.25) is 4.79 Å². The molecule has 2 aromatic carbocycles. The van der Waals surface area contributed by atoms with Gasteiger partial charge < -0.3 is 9.84 Å². The summed E-state index contributed by atoms with van der Waals surface area (Å²) in [5, 5.41) is 11.6. The zero-order valence-electron chi connectivity index (χ0n) is 14.5. The predicted octanol–water partition coefficient (Wildman–Crippen LogP) is 1.66. The van der Waals surface area contributed by atoms with E-state index >= 15 is 0 Å². The van der Waals surface area contributed by atoms with Crippen LogP contribution in [0.3, 0.4) is 0 Å². The van der Waals surface area contributed by atoms with Crippen molar-refractivity contribution in [3.63, 3.8) is 0 Å². The summed E-state index contributed by atoms with van der Waals surface area (Å²) in [6.07, 6.45) is 0.565. The van der Waals surface area contributed by atoms with Crippen LogP contribution in [0, 0.1) is 6.92 Å². The third-order valence-corrected chi connectivity index (χ3v) is 4.80. The van der Waals surface area contributed by atoms with Crippen LogP contribution in [0.25, 0.3) is 11.5 Å². The molecular weight excluding hydrogens is 368 g/mol. The molecule has 3 rings (SSSR count). The molecule has 27 heavy (non-hydrogen) atoms. The van der Waals surface area contributed by atoms with Gasteiger partial charge in [0.25, 0.3) is 11.8 Å². The van der Waals surface area contributed by atoms with Crippen molar-refractivity contribution in [2.75, 3.05) is 6.54 Å². The first kappa shape index (κ1) is 18.7. The first-order valence-electron chi connectivity index (χ1n) is 8.13. The molecule has 3 aromatic rings. The Morgan fingerprint density at radius 3 is 2.33 bits per heavy atom. The Labute approximate surface area is 156 Å². The van der Waals surface area contributed by atoms with Crippen LogP contribution in [-0.4, -0.2) is 31.0 Å². The summed E-state index contributed by atoms with van der Waals surface area (Å²) in [4.78, 5) is 16.4. The maximum absolute atomic E-state index is 12.2. The molecule has 0 aliphatic rings.